The van der Waals surface area contributed by atoms with Crippen LogP contribution in [0, 0.1) is 0 Å². The van der Waals surface area contributed by atoms with Gasteiger partial charge in [-0.15, -0.1) is 0 Å². The summed E-state index contributed by atoms with van der Waals surface area (Å²) in [4.78, 5) is 47.4. The van der Waals surface area contributed by atoms with Crippen molar-refractivity contribution in [3.63, 3.8) is 0 Å². The third-order valence-electron chi connectivity index (χ3n) is 3.05. The molecule has 0 aliphatic carbocycles. The van der Waals surface area contributed by atoms with Gasteiger partial charge in [0.2, 0.25) is 0 Å². The van der Waals surface area contributed by atoms with Crippen molar-refractivity contribution in [2.75, 3.05) is 6.61 Å². The van der Waals surface area contributed by atoms with Gasteiger partial charge in [0.05, 0.1) is 6.61 Å². The van der Waals surface area contributed by atoms with E-state index in [0.717, 1.165) is 24.7 Å². The molecule has 2 rings (SSSR count). The largest absolute Gasteiger partial charge is 0.456 e. The summed E-state index contributed by atoms with van der Waals surface area (Å²) < 4.78 is 16.2. The molecule has 1 aromatic heterocycles. The number of hydrogen-bond acceptors (Lipinski definition) is 9. The Morgan fingerprint density at radius 1 is 1.30 bits per heavy atom. The summed E-state index contributed by atoms with van der Waals surface area (Å²) in [5.41, 5.74) is -1.62. The molecule has 0 saturated carbocycles. The van der Waals surface area contributed by atoms with Gasteiger partial charge in [-0.1, -0.05) is 0 Å². The van der Waals surface area contributed by atoms with Gasteiger partial charge in [-0.3, -0.25) is 19.4 Å². The molecule has 0 bridgehead atoms. The van der Waals surface area contributed by atoms with Crippen LogP contribution in [0.1, 0.15) is 20.1 Å². The summed E-state index contributed by atoms with van der Waals surface area (Å²) in [6.45, 7) is 1.71. The van der Waals surface area contributed by atoms with Gasteiger partial charge in [-0.2, -0.15) is 9.78 Å². The van der Waals surface area contributed by atoms with Crippen molar-refractivity contribution in [2.24, 2.45) is 0 Å². The Bertz CT molecular complexity index is 711. The van der Waals surface area contributed by atoms with Crippen LogP contribution in [0.2, 0.25) is 0 Å². The van der Waals surface area contributed by atoms with Crippen LogP contribution in [-0.2, 0) is 23.8 Å². The van der Waals surface area contributed by atoms with Crippen LogP contribution >= 0.6 is 0 Å². The maximum atomic E-state index is 11.8. The summed E-state index contributed by atoms with van der Waals surface area (Å²) in [6.07, 6.45) is -3.82. The number of nitrogens with one attached hydrogen (secondary N) is 1. The Morgan fingerprint density at radius 3 is 2.43 bits per heavy atom. The lowest BCUT2D eigenvalue weighted by atomic mass is 10.1. The fraction of sp³-hybridized carbons (Fsp3) is 0.583. The Morgan fingerprint density at radius 2 is 1.91 bits per heavy atom. The average molecular weight is 329 g/mol. The highest BCUT2D eigenvalue weighted by atomic mass is 16.6. The lowest BCUT2D eigenvalue weighted by Crippen LogP contribution is -2.43. The lowest BCUT2D eigenvalue weighted by molar-refractivity contribution is -0.166. The standard InChI is InChI=1S/C12H15N3O8/c1-5(17)21-9-7(4-16)23-11(10(9)22-6(2)18)15-12(20)14-8(19)3-13-15/h3,7,9-11,16H,4H2,1-2H3,(H,14,19,20)/t7-,9-,10-,11-/m1/s1. The van der Waals surface area contributed by atoms with Crippen LogP contribution in [0.5, 0.6) is 0 Å². The predicted octanol–water partition coefficient (Wildman–Crippen LogP) is -2.32. The Labute approximate surface area is 128 Å². The van der Waals surface area contributed by atoms with E-state index < -0.39 is 54.3 Å². The highest BCUT2D eigenvalue weighted by Gasteiger charge is 2.50. The van der Waals surface area contributed by atoms with E-state index in [9.17, 15) is 24.3 Å². The van der Waals surface area contributed by atoms with Gasteiger partial charge in [0.1, 0.15) is 12.3 Å². The predicted molar refractivity (Wildman–Crippen MR) is 71.2 cm³/mol. The van der Waals surface area contributed by atoms with E-state index in [2.05, 4.69) is 5.10 Å². The van der Waals surface area contributed by atoms with Crippen molar-refractivity contribution >= 4 is 11.9 Å². The molecule has 11 nitrogen and oxygen atoms in total. The van der Waals surface area contributed by atoms with Crippen LogP contribution in [0.15, 0.2) is 15.8 Å². The van der Waals surface area contributed by atoms with Crippen LogP contribution in [0.3, 0.4) is 0 Å². The number of hydrogen-bond donors (Lipinski definition) is 2. The van der Waals surface area contributed by atoms with Gasteiger partial charge in [-0.05, 0) is 0 Å². The van der Waals surface area contributed by atoms with Gasteiger partial charge in [0.15, 0.2) is 18.4 Å². The van der Waals surface area contributed by atoms with E-state index in [0.29, 0.717) is 0 Å². The molecule has 4 atom stereocenters. The van der Waals surface area contributed by atoms with Crippen molar-refractivity contribution in [2.45, 2.75) is 38.4 Å². The molecule has 126 valence electrons. The second-order valence-corrected chi connectivity index (χ2v) is 4.78. The molecular formula is C12H15N3O8. The van der Waals surface area contributed by atoms with E-state index in [4.69, 9.17) is 14.2 Å². The first-order chi connectivity index (χ1) is 10.8. The van der Waals surface area contributed by atoms with Crippen LogP contribution in [0.25, 0.3) is 0 Å². The fourth-order valence-corrected chi connectivity index (χ4v) is 2.25. The molecule has 1 aromatic rings. The van der Waals surface area contributed by atoms with Crippen molar-refractivity contribution in [1.29, 1.82) is 0 Å². The maximum absolute atomic E-state index is 11.8. The lowest BCUT2D eigenvalue weighted by Gasteiger charge is -2.22. The van der Waals surface area contributed by atoms with Gasteiger partial charge >= 0.3 is 17.6 Å². The molecule has 1 aliphatic rings. The zero-order chi connectivity index (χ0) is 17.1. The minimum absolute atomic E-state index is 0.551. The Balaban J connectivity index is 2.43. The molecule has 0 spiro atoms. The number of aromatic nitrogens is 3. The van der Waals surface area contributed by atoms with Crippen LogP contribution in [0.4, 0.5) is 0 Å². The van der Waals surface area contributed by atoms with Gasteiger partial charge < -0.3 is 19.3 Å². The van der Waals surface area contributed by atoms with E-state index in [1.54, 1.807) is 0 Å². The van der Waals surface area contributed by atoms with Crippen LogP contribution < -0.4 is 11.2 Å². The quantitative estimate of drug-likeness (QED) is 0.580. The smallest absolute Gasteiger partial charge is 0.347 e. The number of nitrogens with zero attached hydrogens (tertiary/aromatic N) is 2. The zero-order valence-corrected chi connectivity index (χ0v) is 12.3. The number of aromatic amines is 1. The van der Waals surface area contributed by atoms with Gasteiger partial charge in [-0.25, -0.2) is 4.79 Å². The molecule has 2 N–H and O–H groups in total. The molecule has 0 radical (unpaired) electrons. The van der Waals surface area contributed by atoms with Crippen molar-refractivity contribution in [1.82, 2.24) is 14.8 Å². The topological polar surface area (TPSA) is 150 Å². The first-order valence-corrected chi connectivity index (χ1v) is 6.62. The number of ether oxygens (including phenoxy) is 3. The summed E-state index contributed by atoms with van der Waals surface area (Å²) in [7, 11) is 0. The van der Waals surface area contributed by atoms with E-state index in [-0.39, 0.29) is 0 Å². The van der Waals surface area contributed by atoms with Gasteiger partial charge in [0, 0.05) is 13.8 Å². The number of aliphatic hydroxyl groups excluding tert-OH is 1. The summed E-state index contributed by atoms with van der Waals surface area (Å²) in [5, 5.41) is 13.0. The highest BCUT2D eigenvalue weighted by Crippen LogP contribution is 2.32. The summed E-state index contributed by atoms with van der Waals surface area (Å²) >= 11 is 0. The molecular weight excluding hydrogens is 314 g/mol. The first-order valence-electron chi connectivity index (χ1n) is 6.62. The number of carbonyl (C=O) groups excluding carboxylic acids is 2. The highest BCUT2D eigenvalue weighted by molar-refractivity contribution is 5.67. The molecule has 11 heteroatoms. The fourth-order valence-electron chi connectivity index (χ4n) is 2.25. The molecule has 0 unspecified atom stereocenters. The van der Waals surface area contributed by atoms with E-state index in [1.807, 2.05) is 4.98 Å². The minimum atomic E-state index is -1.27. The number of esters is 2. The van der Waals surface area contributed by atoms with E-state index >= 15 is 0 Å². The van der Waals surface area contributed by atoms with Crippen molar-refractivity contribution in [3.05, 3.63) is 27.0 Å². The molecule has 1 aliphatic heterocycles. The van der Waals surface area contributed by atoms with Crippen LogP contribution in [-0.4, -0.2) is 56.7 Å². The molecule has 1 fully saturated rings. The summed E-state index contributed by atoms with van der Waals surface area (Å²) in [6, 6.07) is 0. The third-order valence-corrected chi connectivity index (χ3v) is 3.05. The summed E-state index contributed by atoms with van der Waals surface area (Å²) in [5.74, 6) is -1.39. The maximum Gasteiger partial charge on any atom is 0.347 e. The number of rotatable bonds is 4. The average Bonchev–Trinajstić information content (AvgIpc) is 2.76. The second-order valence-electron chi connectivity index (χ2n) is 4.78. The first kappa shape index (κ1) is 16.8. The normalized spacial score (nSPS) is 26.7. The monoisotopic (exact) mass is 329 g/mol. The number of aliphatic hydroxyl groups is 1. The molecule has 2 heterocycles. The SMILES string of the molecule is CC(=O)O[C@@H]1[C@H](OC(C)=O)[C@@H](CO)O[C@H]1n1ncc(=O)[nH]c1=O. The molecule has 0 amide bonds. The third kappa shape index (κ3) is 3.63. The van der Waals surface area contributed by atoms with Crippen molar-refractivity contribution < 1.29 is 28.9 Å². The molecule has 0 aromatic carbocycles. The Kier molecular flexibility index (Phi) is 4.91. The van der Waals surface area contributed by atoms with Crippen molar-refractivity contribution in [3.8, 4) is 0 Å². The second kappa shape index (κ2) is 6.71. The minimum Gasteiger partial charge on any atom is -0.456 e. The zero-order valence-electron chi connectivity index (χ0n) is 12.3. The van der Waals surface area contributed by atoms with Gasteiger partial charge in [0.25, 0.3) is 5.56 Å². The number of H-pyrrole nitrogens is 1. The molecule has 23 heavy (non-hydrogen) atoms. The Hall–Kier alpha value is -2.53. The molecule has 1 saturated heterocycles. The number of carbonyl (C=O) groups is 2. The van der Waals surface area contributed by atoms with E-state index in [1.165, 1.54) is 0 Å².